The molecule has 104 valence electrons. The molecule has 1 aromatic heterocycles. The summed E-state index contributed by atoms with van der Waals surface area (Å²) in [6.07, 6.45) is 3.49. The number of benzene rings is 1. The monoisotopic (exact) mass is 333 g/mol. The number of carbonyl (C=O) groups is 1. The highest BCUT2D eigenvalue weighted by Gasteiger charge is 2.11. The third kappa shape index (κ3) is 4.35. The number of hydrogen-bond donors (Lipinski definition) is 2. The van der Waals surface area contributed by atoms with Gasteiger partial charge < -0.3 is 10.6 Å². The first kappa shape index (κ1) is 14.5. The van der Waals surface area contributed by atoms with Crippen molar-refractivity contribution in [2.75, 3.05) is 11.9 Å². The normalized spacial score (nSPS) is 11.7. The van der Waals surface area contributed by atoms with Crippen LogP contribution in [0, 0.1) is 0 Å². The minimum absolute atomic E-state index is 0.00352. The summed E-state index contributed by atoms with van der Waals surface area (Å²) in [5.41, 5.74) is 2.01. The molecule has 2 N–H and O–H groups in total. The molecule has 2 aromatic rings. The van der Waals surface area contributed by atoms with E-state index in [0.717, 1.165) is 15.7 Å². The van der Waals surface area contributed by atoms with Crippen molar-refractivity contribution >= 4 is 27.5 Å². The van der Waals surface area contributed by atoms with Gasteiger partial charge in [0.2, 0.25) is 5.91 Å². The number of halogens is 1. The summed E-state index contributed by atoms with van der Waals surface area (Å²) in [5, 5.41) is 6.23. The van der Waals surface area contributed by atoms with Gasteiger partial charge in [-0.25, -0.2) is 0 Å². The maximum absolute atomic E-state index is 11.1. The zero-order valence-corrected chi connectivity index (χ0v) is 12.7. The Morgan fingerprint density at radius 1 is 1.30 bits per heavy atom. The van der Waals surface area contributed by atoms with Gasteiger partial charge in [0.1, 0.15) is 0 Å². The number of nitrogens with zero attached hydrogens (tertiary/aromatic N) is 1. The Morgan fingerprint density at radius 2 is 2.05 bits per heavy atom. The van der Waals surface area contributed by atoms with Gasteiger partial charge in [-0.3, -0.25) is 9.78 Å². The second-order valence-electron chi connectivity index (χ2n) is 4.44. The van der Waals surface area contributed by atoms with Gasteiger partial charge in [-0.15, -0.1) is 0 Å². The fraction of sp³-hybridized carbons (Fsp3) is 0.200. The van der Waals surface area contributed by atoms with Crippen molar-refractivity contribution in [3.63, 3.8) is 0 Å². The molecule has 0 saturated carbocycles. The molecule has 0 fully saturated rings. The van der Waals surface area contributed by atoms with Crippen molar-refractivity contribution < 1.29 is 4.79 Å². The number of amides is 1. The molecule has 0 aliphatic rings. The predicted octanol–water partition coefficient (Wildman–Crippen LogP) is 3.13. The number of rotatable bonds is 5. The lowest BCUT2D eigenvalue weighted by Crippen LogP contribution is -2.29. The Bertz CT molecular complexity index is 574. The molecule has 1 amide bonds. The van der Waals surface area contributed by atoms with Gasteiger partial charge in [-0.1, -0.05) is 30.3 Å². The molecule has 1 aromatic carbocycles. The summed E-state index contributed by atoms with van der Waals surface area (Å²) in [4.78, 5) is 15.3. The van der Waals surface area contributed by atoms with Crippen molar-refractivity contribution in [1.82, 2.24) is 10.3 Å². The van der Waals surface area contributed by atoms with E-state index >= 15 is 0 Å². The van der Waals surface area contributed by atoms with E-state index in [-0.39, 0.29) is 11.9 Å². The topological polar surface area (TPSA) is 54.0 Å². The summed E-state index contributed by atoms with van der Waals surface area (Å²) < 4.78 is 0.911. The van der Waals surface area contributed by atoms with Crippen molar-refractivity contribution in [2.45, 2.75) is 13.0 Å². The molecule has 0 aliphatic heterocycles. The summed E-state index contributed by atoms with van der Waals surface area (Å²) in [6, 6.07) is 12.0. The Labute approximate surface area is 126 Å². The largest absolute Gasteiger partial charge is 0.375 e. The van der Waals surface area contributed by atoms with E-state index < -0.39 is 0 Å². The number of carbonyl (C=O) groups excluding carboxylic acids is 1. The molecule has 20 heavy (non-hydrogen) atoms. The van der Waals surface area contributed by atoms with Gasteiger partial charge in [-0.05, 0) is 27.6 Å². The molecule has 0 bridgehead atoms. The number of anilines is 1. The molecule has 0 unspecified atom stereocenters. The third-order valence-electron chi connectivity index (χ3n) is 2.80. The minimum Gasteiger partial charge on any atom is -0.375 e. The van der Waals surface area contributed by atoms with Crippen molar-refractivity contribution in [2.24, 2.45) is 0 Å². The quantitative estimate of drug-likeness (QED) is 0.883. The lowest BCUT2D eigenvalue weighted by molar-refractivity contribution is -0.119. The highest BCUT2D eigenvalue weighted by atomic mass is 79.9. The first-order chi connectivity index (χ1) is 9.65. The fourth-order valence-corrected chi connectivity index (χ4v) is 2.24. The third-order valence-corrected chi connectivity index (χ3v) is 3.24. The van der Waals surface area contributed by atoms with Crippen molar-refractivity contribution in [1.29, 1.82) is 0 Å². The summed E-state index contributed by atoms with van der Waals surface area (Å²) in [5.74, 6) is -0.0416. The molecule has 0 aliphatic carbocycles. The van der Waals surface area contributed by atoms with Gasteiger partial charge in [-0.2, -0.15) is 0 Å². The number of nitrogens with one attached hydrogen (secondary N) is 2. The second kappa shape index (κ2) is 7.05. The Morgan fingerprint density at radius 3 is 2.70 bits per heavy atom. The van der Waals surface area contributed by atoms with Crippen molar-refractivity contribution in [3.05, 3.63) is 58.8 Å². The first-order valence-electron chi connectivity index (χ1n) is 6.31. The van der Waals surface area contributed by atoms with Gasteiger partial charge in [0, 0.05) is 24.1 Å². The van der Waals surface area contributed by atoms with E-state index in [9.17, 15) is 4.79 Å². The maximum Gasteiger partial charge on any atom is 0.216 e. The number of pyridine rings is 1. The maximum atomic E-state index is 11.1. The average Bonchev–Trinajstić information content (AvgIpc) is 2.44. The van der Waals surface area contributed by atoms with Crippen LogP contribution in [0.5, 0.6) is 0 Å². The van der Waals surface area contributed by atoms with E-state index in [1.807, 2.05) is 36.4 Å². The van der Waals surface area contributed by atoms with Crippen LogP contribution in [0.3, 0.4) is 0 Å². The summed E-state index contributed by atoms with van der Waals surface area (Å²) >= 11 is 3.40. The van der Waals surface area contributed by atoms with Crippen LogP contribution in [0.1, 0.15) is 18.5 Å². The molecule has 0 spiro atoms. The lowest BCUT2D eigenvalue weighted by Gasteiger charge is -2.20. The van der Waals surface area contributed by atoms with E-state index in [1.54, 1.807) is 12.4 Å². The molecule has 1 heterocycles. The highest BCUT2D eigenvalue weighted by Crippen LogP contribution is 2.20. The zero-order valence-electron chi connectivity index (χ0n) is 11.1. The van der Waals surface area contributed by atoms with E-state index in [0.29, 0.717) is 6.54 Å². The van der Waals surface area contributed by atoms with Crippen LogP contribution >= 0.6 is 15.9 Å². The van der Waals surface area contributed by atoms with Crippen LogP contribution in [-0.4, -0.2) is 17.4 Å². The molecule has 0 saturated heterocycles. The SMILES string of the molecule is CC(=O)NC[C@H](Nc1cncc(Br)c1)c1ccccc1. The van der Waals surface area contributed by atoms with Crippen LogP contribution in [0.4, 0.5) is 5.69 Å². The predicted molar refractivity (Wildman–Crippen MR) is 83.4 cm³/mol. The number of hydrogen-bond acceptors (Lipinski definition) is 3. The average molecular weight is 334 g/mol. The van der Waals surface area contributed by atoms with Crippen LogP contribution in [0.25, 0.3) is 0 Å². The Kier molecular flexibility index (Phi) is 5.12. The highest BCUT2D eigenvalue weighted by molar-refractivity contribution is 9.10. The van der Waals surface area contributed by atoms with Gasteiger partial charge in [0.25, 0.3) is 0 Å². The standard InChI is InChI=1S/C15H16BrN3O/c1-11(20)18-10-15(12-5-3-2-4-6-12)19-14-7-13(16)8-17-9-14/h2-9,15,19H,10H2,1H3,(H,18,20)/t15-/m0/s1. The van der Waals surface area contributed by atoms with E-state index in [2.05, 4.69) is 31.5 Å². The van der Waals surface area contributed by atoms with Gasteiger partial charge in [0.05, 0.1) is 17.9 Å². The zero-order chi connectivity index (χ0) is 14.4. The first-order valence-corrected chi connectivity index (χ1v) is 7.11. The Hall–Kier alpha value is -1.88. The molecule has 1 atom stereocenters. The molecular weight excluding hydrogens is 318 g/mol. The van der Waals surface area contributed by atoms with E-state index in [4.69, 9.17) is 0 Å². The molecule has 5 heteroatoms. The molecule has 2 rings (SSSR count). The van der Waals surface area contributed by atoms with Crippen LogP contribution in [0.2, 0.25) is 0 Å². The second-order valence-corrected chi connectivity index (χ2v) is 5.35. The minimum atomic E-state index is -0.0416. The molecular formula is C15H16BrN3O. The number of aromatic nitrogens is 1. The fourth-order valence-electron chi connectivity index (χ4n) is 1.88. The molecule has 4 nitrogen and oxygen atoms in total. The summed E-state index contributed by atoms with van der Waals surface area (Å²) in [6.45, 7) is 2.04. The van der Waals surface area contributed by atoms with Crippen LogP contribution in [0.15, 0.2) is 53.3 Å². The Balaban J connectivity index is 2.16. The lowest BCUT2D eigenvalue weighted by atomic mass is 10.1. The smallest absolute Gasteiger partial charge is 0.216 e. The van der Waals surface area contributed by atoms with Gasteiger partial charge in [0.15, 0.2) is 0 Å². The summed E-state index contributed by atoms with van der Waals surface area (Å²) in [7, 11) is 0. The van der Waals surface area contributed by atoms with Gasteiger partial charge >= 0.3 is 0 Å². The molecule has 0 radical (unpaired) electrons. The van der Waals surface area contributed by atoms with E-state index in [1.165, 1.54) is 6.92 Å². The van der Waals surface area contributed by atoms with Crippen LogP contribution < -0.4 is 10.6 Å². The van der Waals surface area contributed by atoms with Crippen molar-refractivity contribution in [3.8, 4) is 0 Å². The van der Waals surface area contributed by atoms with Crippen LogP contribution in [-0.2, 0) is 4.79 Å².